The van der Waals surface area contributed by atoms with E-state index in [2.05, 4.69) is 4.98 Å². The van der Waals surface area contributed by atoms with E-state index in [1.54, 1.807) is 12.4 Å². The zero-order chi connectivity index (χ0) is 11.1. The van der Waals surface area contributed by atoms with Gasteiger partial charge in [0.2, 0.25) is 0 Å². The van der Waals surface area contributed by atoms with Gasteiger partial charge in [-0.25, -0.2) is 8.99 Å². The summed E-state index contributed by atoms with van der Waals surface area (Å²) in [5, 5.41) is 1.80. The number of nitrogens with zero attached hydrogens (tertiary/aromatic N) is 1. The van der Waals surface area contributed by atoms with Gasteiger partial charge in [0.05, 0.1) is 14.6 Å². The monoisotopic (exact) mass is 220 g/mol. The van der Waals surface area contributed by atoms with Gasteiger partial charge >= 0.3 is 0 Å². The average molecular weight is 220 g/mol. The molecule has 1 aromatic heterocycles. The third-order valence-corrected chi connectivity index (χ3v) is 3.46. The lowest BCUT2D eigenvalue weighted by Gasteiger charge is -2.07. The zero-order valence-corrected chi connectivity index (χ0v) is 9.47. The second-order valence-electron chi connectivity index (χ2n) is 3.70. The van der Waals surface area contributed by atoms with Crippen molar-refractivity contribution in [3.8, 4) is 0 Å². The second-order valence-corrected chi connectivity index (χ2v) is 5.83. The molecular weight excluding hydrogens is 208 g/mol. The first-order valence-corrected chi connectivity index (χ1v) is 6.53. The summed E-state index contributed by atoms with van der Waals surface area (Å²) in [7, 11) is -2.68. The lowest BCUT2D eigenvalue weighted by molar-refractivity contribution is 0.679. The Hall–Kier alpha value is -1.42. The molecule has 0 bridgehead atoms. The van der Waals surface area contributed by atoms with Crippen molar-refractivity contribution in [2.75, 3.05) is 6.26 Å². The van der Waals surface area contributed by atoms with Crippen LogP contribution in [0.2, 0.25) is 0 Å². The largest absolute Gasteiger partial charge is 0.264 e. The molecule has 0 aliphatic heterocycles. The molecule has 1 unspecified atom stereocenters. The van der Waals surface area contributed by atoms with E-state index in [-0.39, 0.29) is 0 Å². The van der Waals surface area contributed by atoms with Gasteiger partial charge in [0.25, 0.3) is 0 Å². The van der Waals surface area contributed by atoms with Crippen LogP contribution in [-0.2, 0) is 9.73 Å². The molecule has 2 rings (SSSR count). The highest BCUT2D eigenvalue weighted by atomic mass is 32.2. The summed E-state index contributed by atoms with van der Waals surface area (Å²) in [5.41, 5.74) is 1.01. The fourth-order valence-corrected chi connectivity index (χ4v) is 2.66. The van der Waals surface area contributed by atoms with Gasteiger partial charge in [-0.1, -0.05) is 0 Å². The minimum atomic E-state index is -2.68. The van der Waals surface area contributed by atoms with E-state index in [1.807, 2.05) is 25.1 Å². The van der Waals surface area contributed by atoms with Crippen molar-refractivity contribution in [3.05, 3.63) is 36.2 Å². The number of pyridine rings is 1. The molecule has 2 aromatic rings. The average Bonchev–Trinajstić information content (AvgIpc) is 2.15. The fraction of sp³-hybridized carbons (Fsp3) is 0.182. The Morgan fingerprint density at radius 2 is 2.13 bits per heavy atom. The van der Waals surface area contributed by atoms with Crippen LogP contribution in [0.1, 0.15) is 5.56 Å². The third kappa shape index (κ3) is 1.85. The fourth-order valence-electron chi connectivity index (χ4n) is 1.64. The Bertz CT molecular complexity index is 618. The number of aromatic nitrogens is 1. The lowest BCUT2D eigenvalue weighted by Crippen LogP contribution is -1.97. The number of aryl methyl sites for hydroxylation is 1. The van der Waals surface area contributed by atoms with Gasteiger partial charge in [0.15, 0.2) is 0 Å². The van der Waals surface area contributed by atoms with Crippen LogP contribution in [0, 0.1) is 11.7 Å². The SMILES string of the molecule is Cc1cc(S(C)(=N)=O)c2ccncc2c1. The van der Waals surface area contributed by atoms with Crippen molar-refractivity contribution in [1.29, 1.82) is 4.78 Å². The van der Waals surface area contributed by atoms with Crippen LogP contribution in [0.5, 0.6) is 0 Å². The predicted molar refractivity (Wildman–Crippen MR) is 61.5 cm³/mol. The first-order valence-electron chi connectivity index (χ1n) is 4.56. The molecule has 3 nitrogen and oxygen atoms in total. The Kier molecular flexibility index (Phi) is 2.23. The minimum absolute atomic E-state index is 0.597. The van der Waals surface area contributed by atoms with Gasteiger partial charge in [-0.05, 0) is 30.7 Å². The van der Waals surface area contributed by atoms with E-state index in [4.69, 9.17) is 4.78 Å². The van der Waals surface area contributed by atoms with Crippen LogP contribution < -0.4 is 0 Å². The normalized spacial score (nSPS) is 15.1. The summed E-state index contributed by atoms with van der Waals surface area (Å²) in [4.78, 5) is 4.62. The molecule has 0 fully saturated rings. The standard InChI is InChI=1S/C11H12N2OS/c1-8-5-9-7-13-4-3-10(9)11(6-8)15(2,12)14/h3-7,12H,1-2H3. The lowest BCUT2D eigenvalue weighted by atomic mass is 10.1. The molecule has 1 atom stereocenters. The van der Waals surface area contributed by atoms with Gasteiger partial charge in [0, 0.05) is 29.4 Å². The molecule has 1 aromatic carbocycles. The zero-order valence-electron chi connectivity index (χ0n) is 8.65. The Balaban J connectivity index is 2.96. The molecular formula is C11H12N2OS. The van der Waals surface area contributed by atoms with Gasteiger partial charge in [-0.3, -0.25) is 4.98 Å². The van der Waals surface area contributed by atoms with Crippen LogP contribution in [0.3, 0.4) is 0 Å². The van der Waals surface area contributed by atoms with Crippen LogP contribution in [0.4, 0.5) is 0 Å². The van der Waals surface area contributed by atoms with E-state index >= 15 is 0 Å². The molecule has 0 aliphatic carbocycles. The number of hydrogen-bond donors (Lipinski definition) is 1. The number of hydrogen-bond acceptors (Lipinski definition) is 3. The molecule has 0 aliphatic rings. The first kappa shape index (κ1) is 10.1. The minimum Gasteiger partial charge on any atom is -0.264 e. The van der Waals surface area contributed by atoms with Crippen molar-refractivity contribution >= 4 is 20.5 Å². The highest BCUT2D eigenvalue weighted by Gasteiger charge is 2.09. The van der Waals surface area contributed by atoms with E-state index < -0.39 is 9.73 Å². The molecule has 4 heteroatoms. The molecule has 1 heterocycles. The van der Waals surface area contributed by atoms with Gasteiger partial charge in [-0.2, -0.15) is 0 Å². The van der Waals surface area contributed by atoms with E-state index in [9.17, 15) is 4.21 Å². The number of rotatable bonds is 1. The Labute approximate surface area is 89.1 Å². The molecule has 1 N–H and O–H groups in total. The van der Waals surface area contributed by atoms with Crippen LogP contribution in [0.25, 0.3) is 10.8 Å². The Morgan fingerprint density at radius 1 is 1.40 bits per heavy atom. The van der Waals surface area contributed by atoms with Crippen molar-refractivity contribution in [3.63, 3.8) is 0 Å². The summed E-state index contributed by atoms with van der Waals surface area (Å²) in [5.74, 6) is 0. The summed E-state index contributed by atoms with van der Waals surface area (Å²) >= 11 is 0. The van der Waals surface area contributed by atoms with Gasteiger partial charge < -0.3 is 0 Å². The molecule has 78 valence electrons. The van der Waals surface area contributed by atoms with Gasteiger partial charge in [0.1, 0.15) is 0 Å². The number of nitrogens with one attached hydrogen (secondary N) is 1. The smallest absolute Gasteiger partial charge is 0.0703 e. The summed E-state index contributed by atoms with van der Waals surface area (Å²) in [6.07, 6.45) is 4.84. The van der Waals surface area contributed by atoms with Crippen molar-refractivity contribution in [2.24, 2.45) is 0 Å². The Morgan fingerprint density at radius 3 is 2.80 bits per heavy atom. The predicted octanol–water partition coefficient (Wildman–Crippen LogP) is 2.58. The van der Waals surface area contributed by atoms with Crippen molar-refractivity contribution in [2.45, 2.75) is 11.8 Å². The van der Waals surface area contributed by atoms with E-state index in [0.717, 1.165) is 16.3 Å². The molecule has 0 saturated carbocycles. The highest BCUT2D eigenvalue weighted by Crippen LogP contribution is 2.24. The van der Waals surface area contributed by atoms with Crippen molar-refractivity contribution in [1.82, 2.24) is 4.98 Å². The third-order valence-electron chi connectivity index (χ3n) is 2.28. The maximum atomic E-state index is 11.8. The van der Waals surface area contributed by atoms with Crippen LogP contribution >= 0.6 is 0 Å². The number of fused-ring (bicyclic) bond motifs is 1. The maximum absolute atomic E-state index is 11.8. The first-order chi connectivity index (χ1) is 6.98. The van der Waals surface area contributed by atoms with Crippen LogP contribution in [0.15, 0.2) is 35.5 Å². The maximum Gasteiger partial charge on any atom is 0.0703 e. The molecule has 0 spiro atoms. The molecule has 15 heavy (non-hydrogen) atoms. The van der Waals surface area contributed by atoms with Crippen LogP contribution in [-0.4, -0.2) is 15.4 Å². The van der Waals surface area contributed by atoms with Crippen molar-refractivity contribution < 1.29 is 4.21 Å². The quantitative estimate of drug-likeness (QED) is 0.803. The highest BCUT2D eigenvalue weighted by molar-refractivity contribution is 7.92. The molecule has 0 saturated heterocycles. The summed E-state index contributed by atoms with van der Waals surface area (Å²) < 4.78 is 19.5. The molecule has 0 radical (unpaired) electrons. The summed E-state index contributed by atoms with van der Waals surface area (Å²) in [6, 6.07) is 5.61. The van der Waals surface area contributed by atoms with E-state index in [1.165, 1.54) is 6.26 Å². The number of benzene rings is 1. The molecule has 0 amide bonds. The topological polar surface area (TPSA) is 53.8 Å². The second kappa shape index (κ2) is 3.31. The van der Waals surface area contributed by atoms with Gasteiger partial charge in [-0.15, -0.1) is 0 Å². The summed E-state index contributed by atoms with van der Waals surface area (Å²) in [6.45, 7) is 1.93. The van der Waals surface area contributed by atoms with E-state index in [0.29, 0.717) is 4.90 Å².